The first kappa shape index (κ1) is 10.9. The van der Waals surface area contributed by atoms with Gasteiger partial charge in [-0.2, -0.15) is 8.42 Å². The van der Waals surface area contributed by atoms with Crippen LogP contribution in [0.15, 0.2) is 0 Å². The normalized spacial score (nSPS) is 27.8. The molecule has 0 saturated carbocycles. The van der Waals surface area contributed by atoms with Crippen LogP contribution in [-0.4, -0.2) is 38.1 Å². The molecule has 0 spiro atoms. The lowest BCUT2D eigenvalue weighted by atomic mass is 10.4. The number of rotatable bonds is 3. The fourth-order valence-corrected chi connectivity index (χ4v) is 1.38. The van der Waals surface area contributed by atoms with Gasteiger partial charge in [0.15, 0.2) is 11.7 Å². The van der Waals surface area contributed by atoms with E-state index in [1.165, 1.54) is 0 Å². The molecule has 6 nitrogen and oxygen atoms in total. The molecule has 1 fully saturated rings. The molecule has 1 heterocycles. The lowest BCUT2D eigenvalue weighted by molar-refractivity contribution is -0.166. The number of hydrogen-bond acceptors (Lipinski definition) is 6. The van der Waals surface area contributed by atoms with Gasteiger partial charge in [-0.15, -0.1) is 0 Å². The lowest BCUT2D eigenvalue weighted by Gasteiger charge is -2.16. The summed E-state index contributed by atoms with van der Waals surface area (Å²) in [5.74, 6) is -1.90. The van der Waals surface area contributed by atoms with Crippen molar-refractivity contribution in [2.75, 3.05) is 12.5 Å². The predicted octanol–water partition coefficient (Wildman–Crippen LogP) is -0.608. The highest BCUT2D eigenvalue weighted by Gasteiger charge is 2.35. The molecule has 1 rings (SSSR count). The average Bonchev–Trinajstić information content (AvgIpc) is 2.29. The summed E-state index contributed by atoms with van der Waals surface area (Å²) in [5.41, 5.74) is 0. The first-order valence-electron chi connectivity index (χ1n) is 3.68. The maximum absolute atomic E-state index is 10.8. The van der Waals surface area contributed by atoms with Gasteiger partial charge in [-0.05, 0) is 13.8 Å². The van der Waals surface area contributed by atoms with E-state index >= 15 is 0 Å². The zero-order chi connectivity index (χ0) is 10.1. The molecule has 1 saturated heterocycles. The smallest absolute Gasteiger partial charge is 0.294 e. The van der Waals surface area contributed by atoms with Gasteiger partial charge in [0.25, 0.3) is 10.1 Å². The molecular weight excluding hydrogens is 200 g/mol. The first-order valence-corrected chi connectivity index (χ1v) is 5.26. The Bertz CT molecular complexity index is 269. The minimum Gasteiger partial charge on any atom is -0.378 e. The summed E-state index contributed by atoms with van der Waals surface area (Å²) in [7, 11) is -3.90. The fraction of sp³-hybridized carbons (Fsp3) is 1.00. The predicted molar refractivity (Wildman–Crippen MR) is 42.0 cm³/mol. The average molecular weight is 212 g/mol. The van der Waals surface area contributed by atoms with Crippen LogP contribution in [0.3, 0.4) is 0 Å². The Labute approximate surface area is 76.5 Å². The van der Waals surface area contributed by atoms with Gasteiger partial charge in [0.2, 0.25) is 6.29 Å². The molecule has 1 N–H and O–H groups in total. The van der Waals surface area contributed by atoms with Crippen molar-refractivity contribution >= 4 is 10.1 Å². The Morgan fingerprint density at radius 2 is 2.23 bits per heavy atom. The number of ether oxygens (including phenoxy) is 2. The molecule has 0 amide bonds. The van der Waals surface area contributed by atoms with E-state index in [0.717, 1.165) is 0 Å². The highest BCUT2D eigenvalue weighted by Crippen LogP contribution is 2.23. The van der Waals surface area contributed by atoms with E-state index < -0.39 is 28.1 Å². The molecule has 7 heteroatoms. The minimum absolute atomic E-state index is 0.0340. The van der Waals surface area contributed by atoms with E-state index in [1.54, 1.807) is 13.8 Å². The number of aliphatic hydroxyl groups is 1. The summed E-state index contributed by atoms with van der Waals surface area (Å²) >= 11 is 0. The molecule has 1 atom stereocenters. The van der Waals surface area contributed by atoms with E-state index in [2.05, 4.69) is 4.18 Å². The van der Waals surface area contributed by atoms with E-state index in [4.69, 9.17) is 14.6 Å². The summed E-state index contributed by atoms with van der Waals surface area (Å²) < 4.78 is 36.1. The molecule has 0 aromatic heterocycles. The van der Waals surface area contributed by atoms with Crippen LogP contribution in [0.4, 0.5) is 0 Å². The Hall–Kier alpha value is -0.210. The third kappa shape index (κ3) is 3.20. The fourth-order valence-electron chi connectivity index (χ4n) is 0.895. The van der Waals surface area contributed by atoms with Gasteiger partial charge in [-0.25, -0.2) is 4.18 Å². The summed E-state index contributed by atoms with van der Waals surface area (Å²) in [6.45, 7) is 3.32. The molecule has 13 heavy (non-hydrogen) atoms. The lowest BCUT2D eigenvalue weighted by Crippen LogP contribution is -2.25. The molecular formula is C6H12O6S. The van der Waals surface area contributed by atoms with Crippen molar-refractivity contribution in [3.63, 3.8) is 0 Å². The van der Waals surface area contributed by atoms with E-state index in [0.29, 0.717) is 0 Å². The van der Waals surface area contributed by atoms with E-state index in [-0.39, 0.29) is 6.61 Å². The van der Waals surface area contributed by atoms with Crippen molar-refractivity contribution in [3.8, 4) is 0 Å². The molecule has 0 unspecified atom stereocenters. The number of hydrogen-bond donors (Lipinski definition) is 1. The quantitative estimate of drug-likeness (QED) is 0.628. The highest BCUT2D eigenvalue weighted by atomic mass is 32.2. The van der Waals surface area contributed by atoms with Gasteiger partial charge in [0.05, 0.1) is 0 Å². The molecule has 1 aliphatic heterocycles. The van der Waals surface area contributed by atoms with Crippen molar-refractivity contribution in [2.45, 2.75) is 25.9 Å². The summed E-state index contributed by atoms with van der Waals surface area (Å²) in [5, 5.41) is 8.38. The van der Waals surface area contributed by atoms with Crippen molar-refractivity contribution in [1.29, 1.82) is 0 Å². The molecule has 0 radical (unpaired) electrons. The summed E-state index contributed by atoms with van der Waals surface area (Å²) in [4.78, 5) is 0. The van der Waals surface area contributed by atoms with Crippen molar-refractivity contribution in [3.05, 3.63) is 0 Å². The van der Waals surface area contributed by atoms with Crippen LogP contribution in [0.5, 0.6) is 0 Å². The van der Waals surface area contributed by atoms with Gasteiger partial charge >= 0.3 is 0 Å². The van der Waals surface area contributed by atoms with Crippen LogP contribution < -0.4 is 0 Å². The minimum atomic E-state index is -3.90. The summed E-state index contributed by atoms with van der Waals surface area (Å²) in [6, 6.07) is 0. The van der Waals surface area contributed by atoms with E-state index in [1.807, 2.05) is 0 Å². The molecule has 1 aliphatic rings. The van der Waals surface area contributed by atoms with Gasteiger partial charge in [0, 0.05) is 0 Å². The Kier molecular flexibility index (Phi) is 2.93. The Balaban J connectivity index is 2.50. The van der Waals surface area contributed by atoms with Crippen molar-refractivity contribution in [1.82, 2.24) is 0 Å². The maximum atomic E-state index is 10.8. The molecule has 78 valence electrons. The standard InChI is InChI=1S/C6H12O6S/c1-6(2)10-3-5(11-6)12-13(8,9)4-7/h5,7H,3-4H2,1-2H3/t5-/m1/s1. The van der Waals surface area contributed by atoms with Gasteiger partial charge < -0.3 is 14.6 Å². The first-order chi connectivity index (χ1) is 5.85. The Morgan fingerprint density at radius 3 is 2.62 bits per heavy atom. The van der Waals surface area contributed by atoms with Crippen LogP contribution in [0.1, 0.15) is 13.8 Å². The van der Waals surface area contributed by atoms with Crippen LogP contribution in [-0.2, 0) is 23.8 Å². The monoisotopic (exact) mass is 212 g/mol. The zero-order valence-corrected chi connectivity index (χ0v) is 8.20. The SMILES string of the molecule is CC1(C)OC[C@@H](OS(=O)(=O)CO)O1. The third-order valence-corrected chi connectivity index (χ3v) is 2.22. The van der Waals surface area contributed by atoms with Crippen molar-refractivity contribution in [2.24, 2.45) is 0 Å². The topological polar surface area (TPSA) is 82.1 Å². The van der Waals surface area contributed by atoms with Gasteiger partial charge in [0.1, 0.15) is 6.61 Å². The Morgan fingerprint density at radius 1 is 1.62 bits per heavy atom. The highest BCUT2D eigenvalue weighted by molar-refractivity contribution is 7.86. The van der Waals surface area contributed by atoms with Crippen molar-refractivity contribution < 1.29 is 27.2 Å². The van der Waals surface area contributed by atoms with Crippen LogP contribution >= 0.6 is 0 Å². The van der Waals surface area contributed by atoms with Gasteiger partial charge in [-0.1, -0.05) is 0 Å². The number of aliphatic hydroxyl groups excluding tert-OH is 1. The van der Waals surface area contributed by atoms with Gasteiger partial charge in [-0.3, -0.25) is 0 Å². The van der Waals surface area contributed by atoms with Crippen LogP contribution in [0.25, 0.3) is 0 Å². The summed E-state index contributed by atoms with van der Waals surface area (Å²) in [6.07, 6.45) is -0.966. The van der Waals surface area contributed by atoms with Crippen LogP contribution in [0.2, 0.25) is 0 Å². The second-order valence-electron chi connectivity index (χ2n) is 3.04. The zero-order valence-electron chi connectivity index (χ0n) is 7.39. The molecule has 0 aromatic carbocycles. The maximum Gasteiger partial charge on any atom is 0.294 e. The molecule has 0 bridgehead atoms. The van der Waals surface area contributed by atoms with E-state index in [9.17, 15) is 8.42 Å². The second-order valence-corrected chi connectivity index (χ2v) is 4.61. The second kappa shape index (κ2) is 3.50. The van der Waals surface area contributed by atoms with Crippen LogP contribution in [0, 0.1) is 0 Å². The largest absolute Gasteiger partial charge is 0.378 e. The molecule has 0 aromatic rings. The third-order valence-electron chi connectivity index (χ3n) is 1.39. The molecule has 0 aliphatic carbocycles.